The number of nitrogens with zero attached hydrogens (tertiary/aromatic N) is 1. The molecule has 0 saturated heterocycles. The van der Waals surface area contributed by atoms with Crippen LogP contribution in [0.3, 0.4) is 0 Å². The Morgan fingerprint density at radius 2 is 2.31 bits per heavy atom. The van der Waals surface area contributed by atoms with Gasteiger partial charge in [-0.1, -0.05) is 18.5 Å². The number of aromatic nitrogens is 1. The highest BCUT2D eigenvalue weighted by Crippen LogP contribution is 2.19. The summed E-state index contributed by atoms with van der Waals surface area (Å²) in [6, 6.07) is 1.56. The fraction of sp³-hybridized carbons (Fsp3) is 0.500. The van der Waals surface area contributed by atoms with E-state index in [0.717, 1.165) is 12.1 Å². The quantitative estimate of drug-likeness (QED) is 0.842. The molecule has 0 aliphatic carbocycles. The normalized spacial score (nSPS) is 10.8. The van der Waals surface area contributed by atoms with E-state index in [0.29, 0.717) is 11.6 Å². The number of halogens is 3. The van der Waals surface area contributed by atoms with E-state index < -0.39 is 13.0 Å². The molecule has 1 heterocycles. The third kappa shape index (κ3) is 4.28. The second kappa shape index (κ2) is 6.60. The zero-order chi connectivity index (χ0) is 12.0. The molecule has 0 aliphatic heterocycles. The van der Waals surface area contributed by atoms with Gasteiger partial charge in [0.05, 0.1) is 5.02 Å². The van der Waals surface area contributed by atoms with Crippen molar-refractivity contribution in [2.24, 2.45) is 0 Å². The van der Waals surface area contributed by atoms with E-state index in [-0.39, 0.29) is 5.88 Å². The minimum Gasteiger partial charge on any atom is -0.472 e. The lowest BCUT2D eigenvalue weighted by Gasteiger charge is -2.08. The van der Waals surface area contributed by atoms with E-state index in [1.807, 2.05) is 6.92 Å². The van der Waals surface area contributed by atoms with Gasteiger partial charge in [-0.25, -0.2) is 13.8 Å². The molecule has 0 fully saturated rings. The molecule has 0 unspecified atom stereocenters. The molecule has 0 bridgehead atoms. The maximum atomic E-state index is 11.9. The predicted octanol–water partition coefficient (Wildman–Crippen LogP) is 2.49. The van der Waals surface area contributed by atoms with Gasteiger partial charge in [-0.15, -0.1) is 0 Å². The summed E-state index contributed by atoms with van der Waals surface area (Å²) in [6.45, 7) is 2.66. The molecule has 0 aromatic carbocycles. The molecular formula is C10H13ClF2N2O. The van der Waals surface area contributed by atoms with Crippen LogP contribution < -0.4 is 10.1 Å². The molecule has 0 aliphatic rings. The van der Waals surface area contributed by atoms with Crippen molar-refractivity contribution in [3.8, 4) is 5.88 Å². The highest BCUT2D eigenvalue weighted by molar-refractivity contribution is 6.31. The molecule has 0 saturated carbocycles. The molecule has 3 nitrogen and oxygen atoms in total. The summed E-state index contributed by atoms with van der Waals surface area (Å²) in [5.74, 6) is 0.164. The van der Waals surface area contributed by atoms with E-state index in [9.17, 15) is 8.78 Å². The van der Waals surface area contributed by atoms with Gasteiger partial charge in [-0.05, 0) is 12.1 Å². The zero-order valence-electron chi connectivity index (χ0n) is 8.84. The van der Waals surface area contributed by atoms with Gasteiger partial charge < -0.3 is 10.1 Å². The lowest BCUT2D eigenvalue weighted by atomic mass is 10.2. The Morgan fingerprint density at radius 3 is 2.94 bits per heavy atom. The molecule has 90 valence electrons. The number of hydrogen-bond donors (Lipinski definition) is 1. The average Bonchev–Trinajstić information content (AvgIpc) is 2.26. The Kier molecular flexibility index (Phi) is 5.42. The standard InChI is InChI=1S/C10H13ClF2N2O/c1-2-14-4-7-3-10(15-5-8(7)11)16-6-9(12)13/h3,5,9,14H,2,4,6H2,1H3. The van der Waals surface area contributed by atoms with Crippen molar-refractivity contribution in [2.45, 2.75) is 19.9 Å². The highest BCUT2D eigenvalue weighted by atomic mass is 35.5. The lowest BCUT2D eigenvalue weighted by Crippen LogP contribution is -2.13. The first-order chi connectivity index (χ1) is 7.63. The Labute approximate surface area is 97.8 Å². The van der Waals surface area contributed by atoms with Gasteiger partial charge in [0.15, 0.2) is 6.61 Å². The van der Waals surface area contributed by atoms with Crippen LogP contribution in [0, 0.1) is 0 Å². The number of nitrogens with one attached hydrogen (secondary N) is 1. The van der Waals surface area contributed by atoms with Gasteiger partial charge in [0.1, 0.15) is 0 Å². The number of pyridine rings is 1. The number of hydrogen-bond acceptors (Lipinski definition) is 3. The largest absolute Gasteiger partial charge is 0.472 e. The summed E-state index contributed by atoms with van der Waals surface area (Å²) >= 11 is 5.89. The van der Waals surface area contributed by atoms with Crippen molar-refractivity contribution >= 4 is 11.6 Å². The van der Waals surface area contributed by atoms with Crippen LogP contribution >= 0.6 is 11.6 Å². The van der Waals surface area contributed by atoms with Crippen molar-refractivity contribution in [1.82, 2.24) is 10.3 Å². The van der Waals surface area contributed by atoms with Gasteiger partial charge in [-0.3, -0.25) is 0 Å². The fourth-order valence-electron chi connectivity index (χ4n) is 1.08. The summed E-state index contributed by atoms with van der Waals surface area (Å²) in [5, 5.41) is 3.57. The number of alkyl halides is 2. The first kappa shape index (κ1) is 13.1. The topological polar surface area (TPSA) is 34.1 Å². The minimum atomic E-state index is -2.50. The molecule has 0 atom stereocenters. The van der Waals surface area contributed by atoms with E-state index in [4.69, 9.17) is 16.3 Å². The van der Waals surface area contributed by atoms with Gasteiger partial charge in [0.2, 0.25) is 5.88 Å². The Bertz CT molecular complexity index is 337. The molecule has 0 spiro atoms. The van der Waals surface area contributed by atoms with E-state index >= 15 is 0 Å². The molecule has 0 amide bonds. The van der Waals surface area contributed by atoms with E-state index in [1.54, 1.807) is 6.07 Å². The lowest BCUT2D eigenvalue weighted by molar-refractivity contribution is 0.0795. The smallest absolute Gasteiger partial charge is 0.272 e. The first-order valence-electron chi connectivity index (χ1n) is 4.89. The summed E-state index contributed by atoms with van der Waals surface area (Å²) in [5.41, 5.74) is 0.780. The fourth-order valence-corrected chi connectivity index (χ4v) is 1.25. The van der Waals surface area contributed by atoms with Gasteiger partial charge >= 0.3 is 0 Å². The van der Waals surface area contributed by atoms with Gasteiger partial charge in [0, 0.05) is 18.8 Å². The van der Waals surface area contributed by atoms with Crippen LogP contribution in [0.5, 0.6) is 5.88 Å². The second-order valence-corrected chi connectivity index (χ2v) is 3.50. The Morgan fingerprint density at radius 1 is 1.56 bits per heavy atom. The monoisotopic (exact) mass is 250 g/mol. The first-order valence-corrected chi connectivity index (χ1v) is 5.27. The van der Waals surface area contributed by atoms with E-state index in [1.165, 1.54) is 6.20 Å². The molecule has 1 rings (SSSR count). The highest BCUT2D eigenvalue weighted by Gasteiger charge is 2.07. The molecule has 6 heteroatoms. The van der Waals surface area contributed by atoms with Crippen LogP contribution in [0.2, 0.25) is 5.02 Å². The van der Waals surface area contributed by atoms with Crippen molar-refractivity contribution in [1.29, 1.82) is 0 Å². The summed E-state index contributed by atoms with van der Waals surface area (Å²) in [4.78, 5) is 3.80. The summed E-state index contributed by atoms with van der Waals surface area (Å²) < 4.78 is 28.6. The van der Waals surface area contributed by atoms with Crippen LogP contribution in [0.25, 0.3) is 0 Å². The zero-order valence-corrected chi connectivity index (χ0v) is 9.60. The maximum Gasteiger partial charge on any atom is 0.272 e. The summed E-state index contributed by atoms with van der Waals surface area (Å²) in [7, 11) is 0. The van der Waals surface area contributed by atoms with Crippen LogP contribution in [0.15, 0.2) is 12.3 Å². The Balaban J connectivity index is 2.65. The molecular weight excluding hydrogens is 238 g/mol. The van der Waals surface area contributed by atoms with Crippen LogP contribution in [0.4, 0.5) is 8.78 Å². The third-order valence-corrected chi connectivity index (χ3v) is 2.17. The van der Waals surface area contributed by atoms with Crippen LogP contribution in [-0.4, -0.2) is 24.6 Å². The van der Waals surface area contributed by atoms with Crippen molar-refractivity contribution < 1.29 is 13.5 Å². The molecule has 1 aromatic heterocycles. The maximum absolute atomic E-state index is 11.9. The van der Waals surface area contributed by atoms with E-state index in [2.05, 4.69) is 10.3 Å². The Hall–Kier alpha value is -0.940. The van der Waals surface area contributed by atoms with Crippen molar-refractivity contribution in [3.63, 3.8) is 0 Å². The van der Waals surface area contributed by atoms with Gasteiger partial charge in [0.25, 0.3) is 6.43 Å². The minimum absolute atomic E-state index is 0.164. The number of rotatable bonds is 6. The average molecular weight is 251 g/mol. The molecule has 1 aromatic rings. The van der Waals surface area contributed by atoms with Crippen molar-refractivity contribution in [2.75, 3.05) is 13.2 Å². The molecule has 0 radical (unpaired) electrons. The van der Waals surface area contributed by atoms with Crippen LogP contribution in [-0.2, 0) is 6.54 Å². The van der Waals surface area contributed by atoms with Crippen LogP contribution in [0.1, 0.15) is 12.5 Å². The third-order valence-electron chi connectivity index (χ3n) is 1.83. The summed E-state index contributed by atoms with van der Waals surface area (Å²) in [6.07, 6.45) is -1.11. The second-order valence-electron chi connectivity index (χ2n) is 3.10. The van der Waals surface area contributed by atoms with Gasteiger partial charge in [-0.2, -0.15) is 0 Å². The molecule has 16 heavy (non-hydrogen) atoms. The number of ether oxygens (including phenoxy) is 1. The predicted molar refractivity (Wildman–Crippen MR) is 58.1 cm³/mol. The SMILES string of the molecule is CCNCc1cc(OCC(F)F)ncc1Cl. The van der Waals surface area contributed by atoms with Crippen molar-refractivity contribution in [3.05, 3.63) is 22.8 Å². The molecule has 1 N–H and O–H groups in total.